The molecule has 120 valence electrons. The van der Waals surface area contributed by atoms with Crippen molar-refractivity contribution in [1.29, 1.82) is 0 Å². The van der Waals surface area contributed by atoms with E-state index >= 15 is 0 Å². The van der Waals surface area contributed by atoms with Crippen molar-refractivity contribution in [2.75, 3.05) is 7.11 Å². The minimum absolute atomic E-state index is 0.139. The van der Waals surface area contributed by atoms with E-state index in [-0.39, 0.29) is 6.54 Å². The van der Waals surface area contributed by atoms with Crippen LogP contribution in [0.25, 0.3) is 0 Å². The second-order valence-corrected chi connectivity index (χ2v) is 4.63. The average Bonchev–Trinajstić information content (AvgIpc) is 3.10. The maximum absolute atomic E-state index is 11.7. The summed E-state index contributed by atoms with van der Waals surface area (Å²) in [5.74, 6) is -0.343. The molecular weight excluding hydrogens is 298 g/mol. The van der Waals surface area contributed by atoms with Gasteiger partial charge >= 0.3 is 11.8 Å². The largest absolute Gasteiger partial charge is 0.497 e. The second kappa shape index (κ2) is 7.79. The van der Waals surface area contributed by atoms with Gasteiger partial charge in [0.2, 0.25) is 0 Å². The second-order valence-electron chi connectivity index (χ2n) is 4.63. The van der Waals surface area contributed by atoms with Crippen molar-refractivity contribution < 1.29 is 18.7 Å². The van der Waals surface area contributed by atoms with Crippen molar-refractivity contribution in [2.24, 2.45) is 5.10 Å². The number of methoxy groups -OCH3 is 1. The first-order valence-electron chi connectivity index (χ1n) is 6.89. The van der Waals surface area contributed by atoms with Gasteiger partial charge < -0.3 is 14.5 Å². The number of amides is 2. The van der Waals surface area contributed by atoms with Gasteiger partial charge in [-0.25, -0.2) is 5.43 Å². The highest BCUT2D eigenvalue weighted by atomic mass is 16.5. The number of ether oxygens (including phenoxy) is 1. The first-order chi connectivity index (χ1) is 11.1. The van der Waals surface area contributed by atoms with Crippen molar-refractivity contribution in [2.45, 2.75) is 13.5 Å². The van der Waals surface area contributed by atoms with Crippen molar-refractivity contribution in [3.63, 3.8) is 0 Å². The summed E-state index contributed by atoms with van der Waals surface area (Å²) < 4.78 is 10.1. The Labute approximate surface area is 133 Å². The number of nitrogens with zero attached hydrogens (tertiary/aromatic N) is 1. The van der Waals surface area contributed by atoms with E-state index in [1.165, 1.54) is 6.26 Å². The van der Waals surface area contributed by atoms with Crippen LogP contribution < -0.4 is 15.5 Å². The van der Waals surface area contributed by atoms with E-state index in [0.29, 0.717) is 11.5 Å². The number of benzene rings is 1. The maximum atomic E-state index is 11.7. The van der Waals surface area contributed by atoms with E-state index in [1.54, 1.807) is 50.4 Å². The van der Waals surface area contributed by atoms with Crippen LogP contribution in [0.2, 0.25) is 0 Å². The minimum atomic E-state index is -0.843. The lowest BCUT2D eigenvalue weighted by molar-refractivity contribution is -0.139. The summed E-state index contributed by atoms with van der Waals surface area (Å²) in [6.07, 6.45) is 1.49. The van der Waals surface area contributed by atoms with Gasteiger partial charge in [-0.3, -0.25) is 9.59 Å². The summed E-state index contributed by atoms with van der Waals surface area (Å²) in [4.78, 5) is 23.3. The minimum Gasteiger partial charge on any atom is -0.497 e. The number of nitrogens with one attached hydrogen (secondary N) is 2. The van der Waals surface area contributed by atoms with E-state index in [1.807, 2.05) is 0 Å². The van der Waals surface area contributed by atoms with E-state index in [9.17, 15) is 9.59 Å². The summed E-state index contributed by atoms with van der Waals surface area (Å²) in [5, 5.41) is 6.34. The van der Waals surface area contributed by atoms with Crippen LogP contribution in [0, 0.1) is 0 Å². The van der Waals surface area contributed by atoms with Crippen LogP contribution in [-0.2, 0) is 16.1 Å². The lowest BCUT2D eigenvalue weighted by atomic mass is 10.1. The van der Waals surface area contributed by atoms with Gasteiger partial charge in [0.25, 0.3) is 0 Å². The third kappa shape index (κ3) is 4.70. The number of furan rings is 1. The fourth-order valence-electron chi connectivity index (χ4n) is 1.74. The molecule has 0 radical (unpaired) electrons. The molecule has 0 aliphatic carbocycles. The van der Waals surface area contributed by atoms with Gasteiger partial charge in [0, 0.05) is 0 Å². The third-order valence-corrected chi connectivity index (χ3v) is 3.04. The summed E-state index contributed by atoms with van der Waals surface area (Å²) in [5.41, 5.74) is 3.59. The molecule has 0 spiro atoms. The monoisotopic (exact) mass is 315 g/mol. The van der Waals surface area contributed by atoms with E-state index in [2.05, 4.69) is 15.8 Å². The van der Waals surface area contributed by atoms with E-state index < -0.39 is 11.8 Å². The topological polar surface area (TPSA) is 92.9 Å². The Kier molecular flexibility index (Phi) is 5.51. The molecule has 2 amide bonds. The van der Waals surface area contributed by atoms with Crippen molar-refractivity contribution in [3.8, 4) is 5.75 Å². The zero-order valence-electron chi connectivity index (χ0n) is 12.8. The molecule has 7 heteroatoms. The van der Waals surface area contributed by atoms with Gasteiger partial charge in [0.1, 0.15) is 11.5 Å². The molecule has 0 saturated heterocycles. The molecule has 0 aliphatic rings. The Morgan fingerprint density at radius 1 is 1.17 bits per heavy atom. The highest BCUT2D eigenvalue weighted by Crippen LogP contribution is 2.11. The maximum Gasteiger partial charge on any atom is 0.329 e. The summed E-state index contributed by atoms with van der Waals surface area (Å²) in [6, 6.07) is 10.6. The highest BCUT2D eigenvalue weighted by Gasteiger charge is 2.13. The van der Waals surface area contributed by atoms with Crippen LogP contribution in [0.1, 0.15) is 18.2 Å². The van der Waals surface area contributed by atoms with E-state index in [4.69, 9.17) is 9.15 Å². The van der Waals surface area contributed by atoms with Crippen LogP contribution in [0.4, 0.5) is 0 Å². The van der Waals surface area contributed by atoms with Crippen molar-refractivity contribution in [3.05, 3.63) is 54.0 Å². The molecule has 0 bridgehead atoms. The smallest absolute Gasteiger partial charge is 0.329 e. The molecule has 2 rings (SSSR count). The lowest BCUT2D eigenvalue weighted by Crippen LogP contribution is -2.37. The molecule has 2 aromatic rings. The number of carbonyl (C=O) groups excluding carboxylic acids is 2. The molecule has 0 unspecified atom stereocenters. The molecule has 7 nitrogen and oxygen atoms in total. The zero-order chi connectivity index (χ0) is 16.7. The lowest BCUT2D eigenvalue weighted by Gasteiger charge is -2.05. The third-order valence-electron chi connectivity index (χ3n) is 3.04. The summed E-state index contributed by atoms with van der Waals surface area (Å²) in [6.45, 7) is 1.86. The molecule has 1 aromatic heterocycles. The molecule has 0 aliphatic heterocycles. The van der Waals surface area contributed by atoms with E-state index in [0.717, 1.165) is 11.3 Å². The molecule has 1 aromatic carbocycles. The van der Waals surface area contributed by atoms with Crippen LogP contribution >= 0.6 is 0 Å². The predicted octanol–water partition coefficient (Wildman–Crippen LogP) is 1.44. The number of rotatable bonds is 5. The Morgan fingerprint density at radius 3 is 2.52 bits per heavy atom. The summed E-state index contributed by atoms with van der Waals surface area (Å²) in [7, 11) is 1.58. The van der Waals surface area contributed by atoms with Crippen LogP contribution in [-0.4, -0.2) is 24.6 Å². The van der Waals surface area contributed by atoms with Crippen molar-refractivity contribution in [1.82, 2.24) is 10.7 Å². The zero-order valence-corrected chi connectivity index (χ0v) is 12.8. The number of carbonyl (C=O) groups is 2. The molecule has 0 saturated carbocycles. The molecule has 23 heavy (non-hydrogen) atoms. The first-order valence-corrected chi connectivity index (χ1v) is 6.89. The quantitative estimate of drug-likeness (QED) is 0.496. The molecule has 0 atom stereocenters. The fourth-order valence-corrected chi connectivity index (χ4v) is 1.74. The number of hydrazone groups is 1. The molecular formula is C16H17N3O4. The predicted molar refractivity (Wildman–Crippen MR) is 83.9 cm³/mol. The van der Waals surface area contributed by atoms with Gasteiger partial charge in [-0.1, -0.05) is 0 Å². The highest BCUT2D eigenvalue weighted by molar-refractivity contribution is 6.35. The van der Waals surface area contributed by atoms with Crippen LogP contribution in [0.5, 0.6) is 5.75 Å². The van der Waals surface area contributed by atoms with Crippen molar-refractivity contribution >= 4 is 17.5 Å². The number of hydrogen-bond donors (Lipinski definition) is 2. The van der Waals surface area contributed by atoms with Gasteiger partial charge in [0.05, 0.1) is 25.6 Å². The Hall–Kier alpha value is -3.09. The van der Waals surface area contributed by atoms with Gasteiger partial charge in [-0.15, -0.1) is 0 Å². The van der Waals surface area contributed by atoms with Crippen LogP contribution in [0.3, 0.4) is 0 Å². The Morgan fingerprint density at radius 2 is 1.91 bits per heavy atom. The first kappa shape index (κ1) is 16.3. The van der Waals surface area contributed by atoms with Crippen LogP contribution in [0.15, 0.2) is 52.2 Å². The standard InChI is InChI=1S/C16H17N3O4/c1-11(12-5-7-13(22-2)8-6-12)18-19-16(21)15(20)17-10-14-4-3-9-23-14/h3-9H,10H2,1-2H3,(H,17,20)(H,19,21)/b18-11-. The SMILES string of the molecule is COc1ccc(/C(C)=N\NC(=O)C(=O)NCc2ccco2)cc1. The summed E-state index contributed by atoms with van der Waals surface area (Å²) >= 11 is 0. The fraction of sp³-hybridized carbons (Fsp3) is 0.188. The van der Waals surface area contributed by atoms with Gasteiger partial charge in [-0.05, 0) is 48.9 Å². The Balaban J connectivity index is 1.86. The van der Waals surface area contributed by atoms with Gasteiger partial charge in [0.15, 0.2) is 0 Å². The molecule has 0 fully saturated rings. The normalized spacial score (nSPS) is 11.0. The number of hydrogen-bond acceptors (Lipinski definition) is 5. The molecule has 2 N–H and O–H groups in total. The Bertz CT molecular complexity index is 691. The molecule has 1 heterocycles. The van der Waals surface area contributed by atoms with Gasteiger partial charge in [-0.2, -0.15) is 5.10 Å². The average molecular weight is 315 g/mol.